The summed E-state index contributed by atoms with van der Waals surface area (Å²) in [7, 11) is 0. The number of pyridine rings is 1. The lowest BCUT2D eigenvalue weighted by molar-refractivity contribution is 0.0572. The fourth-order valence-electron chi connectivity index (χ4n) is 1.61. The smallest absolute Gasteiger partial charge is 0.254 e. The molecule has 0 saturated carbocycles. The molecular formula is C10H12N2O3. The molecule has 1 aliphatic heterocycles. The van der Waals surface area contributed by atoms with E-state index in [0.29, 0.717) is 5.56 Å². The van der Waals surface area contributed by atoms with Crippen LogP contribution in [0.25, 0.3) is 0 Å². The van der Waals surface area contributed by atoms with Crippen LogP contribution in [-0.2, 0) is 0 Å². The zero-order valence-corrected chi connectivity index (χ0v) is 8.08. The fraction of sp³-hybridized carbons (Fsp3) is 0.400. The summed E-state index contributed by atoms with van der Waals surface area (Å²) in [5.41, 5.74) is 0.520. The molecule has 80 valence electrons. The van der Waals surface area contributed by atoms with E-state index in [-0.39, 0.29) is 19.0 Å². The van der Waals surface area contributed by atoms with Gasteiger partial charge in [0.05, 0.1) is 12.2 Å². The van der Waals surface area contributed by atoms with Crippen LogP contribution < -0.4 is 0 Å². The molecule has 1 aromatic rings. The summed E-state index contributed by atoms with van der Waals surface area (Å²) in [4.78, 5) is 17.1. The summed E-state index contributed by atoms with van der Waals surface area (Å²) < 4.78 is 0. The van der Waals surface area contributed by atoms with E-state index < -0.39 is 12.2 Å². The van der Waals surface area contributed by atoms with Crippen LogP contribution in [0.1, 0.15) is 10.4 Å². The van der Waals surface area contributed by atoms with Crippen molar-refractivity contribution < 1.29 is 15.0 Å². The number of rotatable bonds is 1. The van der Waals surface area contributed by atoms with Crippen molar-refractivity contribution in [2.75, 3.05) is 13.1 Å². The van der Waals surface area contributed by atoms with E-state index in [1.165, 1.54) is 17.3 Å². The van der Waals surface area contributed by atoms with E-state index in [0.717, 1.165) is 0 Å². The molecule has 0 spiro atoms. The first kappa shape index (κ1) is 10.1. The number of carbonyl (C=O) groups excluding carboxylic acids is 1. The monoisotopic (exact) mass is 208 g/mol. The largest absolute Gasteiger partial charge is 0.388 e. The highest BCUT2D eigenvalue weighted by Crippen LogP contribution is 2.13. The summed E-state index contributed by atoms with van der Waals surface area (Å²) in [6.07, 6.45) is 1.40. The quantitative estimate of drug-likeness (QED) is 0.637. The van der Waals surface area contributed by atoms with Crippen molar-refractivity contribution in [2.24, 2.45) is 0 Å². The summed E-state index contributed by atoms with van der Waals surface area (Å²) in [5.74, 6) is -0.187. The normalized spacial score (nSPS) is 25.6. The number of β-amino-alcohol motifs (C(OH)–C–C–N with tert-alkyl or cyclic N) is 2. The molecule has 2 rings (SSSR count). The molecule has 0 bridgehead atoms. The zero-order valence-electron chi connectivity index (χ0n) is 8.08. The fourth-order valence-corrected chi connectivity index (χ4v) is 1.61. The number of aromatic nitrogens is 1. The summed E-state index contributed by atoms with van der Waals surface area (Å²) >= 11 is 0. The first-order chi connectivity index (χ1) is 7.18. The molecule has 0 aromatic carbocycles. The zero-order chi connectivity index (χ0) is 10.8. The number of nitrogens with zero attached hydrogens (tertiary/aromatic N) is 2. The van der Waals surface area contributed by atoms with Gasteiger partial charge in [-0.2, -0.15) is 0 Å². The predicted octanol–water partition coefficient (Wildman–Crippen LogP) is -0.741. The SMILES string of the molecule is O=C(c1ccncc1)N1CC(O)C(O)C1. The van der Waals surface area contributed by atoms with E-state index in [9.17, 15) is 15.0 Å². The van der Waals surface area contributed by atoms with Gasteiger partial charge in [-0.05, 0) is 12.1 Å². The Kier molecular flexibility index (Phi) is 2.66. The van der Waals surface area contributed by atoms with Gasteiger partial charge in [-0.25, -0.2) is 0 Å². The van der Waals surface area contributed by atoms with Crippen molar-refractivity contribution in [3.05, 3.63) is 30.1 Å². The van der Waals surface area contributed by atoms with Gasteiger partial charge >= 0.3 is 0 Å². The number of likely N-dealkylation sites (tertiary alicyclic amines) is 1. The van der Waals surface area contributed by atoms with E-state index in [4.69, 9.17) is 0 Å². The van der Waals surface area contributed by atoms with Crippen molar-refractivity contribution in [1.29, 1.82) is 0 Å². The Labute approximate surface area is 87.0 Å². The number of aliphatic hydroxyl groups excluding tert-OH is 2. The van der Waals surface area contributed by atoms with Crippen LogP contribution >= 0.6 is 0 Å². The van der Waals surface area contributed by atoms with Gasteiger partial charge in [0.25, 0.3) is 5.91 Å². The molecule has 1 saturated heterocycles. The van der Waals surface area contributed by atoms with Crippen LogP contribution in [0.3, 0.4) is 0 Å². The maximum Gasteiger partial charge on any atom is 0.254 e. The van der Waals surface area contributed by atoms with Crippen LogP contribution in [0, 0.1) is 0 Å². The minimum absolute atomic E-state index is 0.183. The van der Waals surface area contributed by atoms with Gasteiger partial charge in [0.15, 0.2) is 0 Å². The Morgan fingerprint density at radius 3 is 2.33 bits per heavy atom. The van der Waals surface area contributed by atoms with Crippen molar-refractivity contribution in [3.8, 4) is 0 Å². The molecule has 2 atom stereocenters. The highest BCUT2D eigenvalue weighted by atomic mass is 16.3. The molecule has 5 nitrogen and oxygen atoms in total. The van der Waals surface area contributed by atoms with Crippen molar-refractivity contribution >= 4 is 5.91 Å². The topological polar surface area (TPSA) is 73.7 Å². The Bertz CT molecular complexity index is 345. The second-order valence-electron chi connectivity index (χ2n) is 3.58. The number of amides is 1. The molecule has 5 heteroatoms. The second kappa shape index (κ2) is 3.96. The van der Waals surface area contributed by atoms with Gasteiger partial charge in [0.2, 0.25) is 0 Å². The number of hydrogen-bond donors (Lipinski definition) is 2. The van der Waals surface area contributed by atoms with Crippen LogP contribution in [0.4, 0.5) is 0 Å². The maximum absolute atomic E-state index is 11.8. The molecular weight excluding hydrogens is 196 g/mol. The molecule has 2 heterocycles. The number of hydrogen-bond acceptors (Lipinski definition) is 4. The lowest BCUT2D eigenvalue weighted by atomic mass is 10.2. The van der Waals surface area contributed by atoms with Gasteiger partial charge in [0.1, 0.15) is 0 Å². The Morgan fingerprint density at radius 1 is 1.27 bits per heavy atom. The molecule has 2 N–H and O–H groups in total. The number of carbonyl (C=O) groups is 1. The molecule has 2 unspecified atom stereocenters. The van der Waals surface area contributed by atoms with Crippen LogP contribution in [0.15, 0.2) is 24.5 Å². The van der Waals surface area contributed by atoms with E-state index in [1.807, 2.05) is 0 Å². The first-order valence-electron chi connectivity index (χ1n) is 4.74. The Balaban J connectivity index is 2.10. The molecule has 0 aliphatic carbocycles. The molecule has 1 aliphatic rings. The summed E-state index contributed by atoms with van der Waals surface area (Å²) in [6.45, 7) is 0.366. The standard InChI is InChI=1S/C10H12N2O3/c13-8-5-12(6-9(8)14)10(15)7-1-3-11-4-2-7/h1-4,8-9,13-14H,5-6H2. The average molecular weight is 208 g/mol. The summed E-state index contributed by atoms with van der Waals surface area (Å²) in [6, 6.07) is 3.22. The van der Waals surface area contributed by atoms with Crippen LogP contribution in [-0.4, -0.2) is 51.3 Å². The van der Waals surface area contributed by atoms with Gasteiger partial charge in [-0.15, -0.1) is 0 Å². The third-order valence-electron chi connectivity index (χ3n) is 2.47. The maximum atomic E-state index is 11.8. The first-order valence-corrected chi connectivity index (χ1v) is 4.74. The van der Waals surface area contributed by atoms with E-state index in [2.05, 4.69) is 4.98 Å². The minimum Gasteiger partial charge on any atom is -0.388 e. The van der Waals surface area contributed by atoms with Gasteiger partial charge in [-0.3, -0.25) is 9.78 Å². The lowest BCUT2D eigenvalue weighted by Crippen LogP contribution is -2.29. The Morgan fingerprint density at radius 2 is 1.80 bits per heavy atom. The lowest BCUT2D eigenvalue weighted by Gasteiger charge is -2.14. The van der Waals surface area contributed by atoms with Gasteiger partial charge in [0, 0.05) is 31.0 Å². The van der Waals surface area contributed by atoms with Crippen molar-refractivity contribution in [3.63, 3.8) is 0 Å². The predicted molar refractivity (Wildman–Crippen MR) is 52.2 cm³/mol. The van der Waals surface area contributed by atoms with Crippen molar-refractivity contribution in [1.82, 2.24) is 9.88 Å². The third kappa shape index (κ3) is 1.98. The number of aliphatic hydroxyl groups is 2. The van der Waals surface area contributed by atoms with Gasteiger partial charge in [-0.1, -0.05) is 0 Å². The highest BCUT2D eigenvalue weighted by molar-refractivity contribution is 5.94. The summed E-state index contributed by atoms with van der Waals surface area (Å²) in [5, 5.41) is 18.6. The third-order valence-corrected chi connectivity index (χ3v) is 2.47. The molecule has 0 radical (unpaired) electrons. The highest BCUT2D eigenvalue weighted by Gasteiger charge is 2.32. The van der Waals surface area contributed by atoms with E-state index in [1.54, 1.807) is 12.1 Å². The van der Waals surface area contributed by atoms with E-state index >= 15 is 0 Å². The molecule has 1 fully saturated rings. The van der Waals surface area contributed by atoms with Gasteiger partial charge < -0.3 is 15.1 Å². The van der Waals surface area contributed by atoms with Crippen LogP contribution in [0.2, 0.25) is 0 Å². The molecule has 15 heavy (non-hydrogen) atoms. The Hall–Kier alpha value is -1.46. The second-order valence-corrected chi connectivity index (χ2v) is 3.58. The molecule has 1 aromatic heterocycles. The average Bonchev–Trinajstić information content (AvgIpc) is 2.59. The molecule has 1 amide bonds. The minimum atomic E-state index is -0.837. The van der Waals surface area contributed by atoms with Crippen molar-refractivity contribution in [2.45, 2.75) is 12.2 Å². The van der Waals surface area contributed by atoms with Crippen LogP contribution in [0.5, 0.6) is 0 Å².